The normalized spacial score (nSPS) is 14.3. The number of rotatable bonds is 6. The highest BCUT2D eigenvalue weighted by atomic mass is 32.1. The molecule has 18 heavy (non-hydrogen) atoms. The van der Waals surface area contributed by atoms with Crippen LogP contribution in [0.25, 0.3) is 0 Å². The van der Waals surface area contributed by atoms with Crippen LogP contribution < -0.4 is 5.73 Å². The molecule has 0 aliphatic rings. The molecule has 0 saturated heterocycles. The predicted octanol–water partition coefficient (Wildman–Crippen LogP) is 1.83. The highest BCUT2D eigenvalue weighted by Gasteiger charge is 2.22. The number of thiazole rings is 1. The minimum absolute atomic E-state index is 0.0338. The Bertz CT molecular complexity index is 391. The number of likely N-dealkylation sites (N-methyl/N-ethyl adjacent to an activating group) is 1. The number of aromatic nitrogens is 1. The van der Waals surface area contributed by atoms with Crippen molar-refractivity contribution in [2.45, 2.75) is 39.7 Å². The van der Waals surface area contributed by atoms with E-state index in [2.05, 4.69) is 11.9 Å². The van der Waals surface area contributed by atoms with Gasteiger partial charge in [-0.25, -0.2) is 4.98 Å². The first kappa shape index (κ1) is 15.1. The van der Waals surface area contributed by atoms with Gasteiger partial charge < -0.3 is 10.6 Å². The smallest absolute Gasteiger partial charge is 0.239 e. The molecule has 5 heteroatoms. The maximum Gasteiger partial charge on any atom is 0.239 e. The van der Waals surface area contributed by atoms with Crippen LogP contribution in [0.15, 0.2) is 5.51 Å². The Labute approximate surface area is 113 Å². The van der Waals surface area contributed by atoms with E-state index in [0.717, 1.165) is 18.5 Å². The molecule has 0 bridgehead atoms. The molecule has 0 saturated carbocycles. The molecule has 1 aromatic heterocycles. The van der Waals surface area contributed by atoms with Gasteiger partial charge in [0.25, 0.3) is 0 Å². The van der Waals surface area contributed by atoms with E-state index >= 15 is 0 Å². The third-order valence-electron chi connectivity index (χ3n) is 3.44. The molecule has 0 aliphatic heterocycles. The zero-order valence-electron chi connectivity index (χ0n) is 11.6. The number of hydrogen-bond donors (Lipinski definition) is 1. The van der Waals surface area contributed by atoms with E-state index in [9.17, 15) is 4.79 Å². The summed E-state index contributed by atoms with van der Waals surface area (Å²) in [5.41, 5.74) is 8.86. The lowest BCUT2D eigenvalue weighted by Crippen LogP contribution is -2.46. The lowest BCUT2D eigenvalue weighted by molar-refractivity contribution is -0.132. The molecule has 0 aliphatic carbocycles. The lowest BCUT2D eigenvalue weighted by atomic mass is 9.99. The molecule has 1 rings (SSSR count). The molecule has 1 heterocycles. The van der Waals surface area contributed by atoms with Crippen LogP contribution in [-0.4, -0.2) is 35.4 Å². The van der Waals surface area contributed by atoms with E-state index in [1.54, 1.807) is 16.2 Å². The topological polar surface area (TPSA) is 59.2 Å². The SMILES string of the molecule is CC[C@H](C)[C@H](N)C(=O)N(C)CCc1scnc1C. The number of nitrogens with two attached hydrogens (primary N) is 1. The molecule has 2 N–H and O–H groups in total. The zero-order valence-corrected chi connectivity index (χ0v) is 12.5. The molecular formula is C13H23N3OS. The first-order valence-corrected chi connectivity index (χ1v) is 7.24. The average molecular weight is 269 g/mol. The van der Waals surface area contributed by atoms with E-state index < -0.39 is 0 Å². The Morgan fingerprint density at radius 1 is 1.61 bits per heavy atom. The van der Waals surface area contributed by atoms with Crippen LogP contribution in [0.1, 0.15) is 30.8 Å². The van der Waals surface area contributed by atoms with Crippen LogP contribution >= 0.6 is 11.3 Å². The molecule has 1 amide bonds. The summed E-state index contributed by atoms with van der Waals surface area (Å²) in [5.74, 6) is 0.261. The second-order valence-electron chi connectivity index (χ2n) is 4.78. The van der Waals surface area contributed by atoms with E-state index in [0.29, 0.717) is 6.54 Å². The van der Waals surface area contributed by atoms with Crippen LogP contribution in [0.2, 0.25) is 0 Å². The Morgan fingerprint density at radius 3 is 2.78 bits per heavy atom. The van der Waals surface area contributed by atoms with Gasteiger partial charge in [0.05, 0.1) is 17.2 Å². The largest absolute Gasteiger partial charge is 0.344 e. The quantitative estimate of drug-likeness (QED) is 0.857. The zero-order chi connectivity index (χ0) is 13.7. The van der Waals surface area contributed by atoms with Gasteiger partial charge in [-0.15, -0.1) is 11.3 Å². The van der Waals surface area contributed by atoms with Gasteiger partial charge >= 0.3 is 0 Å². The summed E-state index contributed by atoms with van der Waals surface area (Å²) in [6.45, 7) is 6.77. The summed E-state index contributed by atoms with van der Waals surface area (Å²) in [6.07, 6.45) is 1.78. The van der Waals surface area contributed by atoms with Crippen molar-refractivity contribution < 1.29 is 4.79 Å². The van der Waals surface area contributed by atoms with Gasteiger partial charge in [-0.1, -0.05) is 20.3 Å². The minimum Gasteiger partial charge on any atom is -0.344 e. The number of nitrogens with zero attached hydrogens (tertiary/aromatic N) is 2. The number of amides is 1. The summed E-state index contributed by atoms with van der Waals surface area (Å²) in [5, 5.41) is 0. The second-order valence-corrected chi connectivity index (χ2v) is 5.72. The maximum absolute atomic E-state index is 12.1. The van der Waals surface area contributed by atoms with Gasteiger partial charge in [0, 0.05) is 24.9 Å². The predicted molar refractivity (Wildman–Crippen MR) is 75.6 cm³/mol. The Hall–Kier alpha value is -0.940. The van der Waals surface area contributed by atoms with E-state index in [-0.39, 0.29) is 17.9 Å². The van der Waals surface area contributed by atoms with Gasteiger partial charge in [-0.3, -0.25) is 4.79 Å². The Kier molecular flexibility index (Phi) is 5.75. The molecule has 0 radical (unpaired) electrons. The first-order chi connectivity index (χ1) is 8.47. The molecule has 4 nitrogen and oxygen atoms in total. The highest BCUT2D eigenvalue weighted by Crippen LogP contribution is 2.14. The molecule has 1 aromatic rings. The van der Waals surface area contributed by atoms with Crippen molar-refractivity contribution in [2.75, 3.05) is 13.6 Å². The summed E-state index contributed by atoms with van der Waals surface area (Å²) in [6, 6.07) is -0.387. The fraction of sp³-hybridized carbons (Fsp3) is 0.692. The lowest BCUT2D eigenvalue weighted by Gasteiger charge is -2.24. The molecule has 0 aromatic carbocycles. The van der Waals surface area contributed by atoms with Crippen molar-refractivity contribution in [3.05, 3.63) is 16.1 Å². The monoisotopic (exact) mass is 269 g/mol. The Balaban J connectivity index is 2.48. The van der Waals surface area contributed by atoms with Crippen molar-refractivity contribution in [1.29, 1.82) is 0 Å². The van der Waals surface area contributed by atoms with Crippen LogP contribution in [-0.2, 0) is 11.2 Å². The van der Waals surface area contributed by atoms with Crippen LogP contribution in [0, 0.1) is 12.8 Å². The van der Waals surface area contributed by atoms with Crippen LogP contribution in [0.4, 0.5) is 0 Å². The number of carbonyl (C=O) groups excluding carboxylic acids is 1. The molecule has 2 atom stereocenters. The third kappa shape index (κ3) is 3.78. The summed E-state index contributed by atoms with van der Waals surface area (Å²) in [4.78, 5) is 19.3. The van der Waals surface area contributed by atoms with E-state index in [1.807, 2.05) is 26.4 Å². The minimum atomic E-state index is -0.387. The molecule has 0 fully saturated rings. The van der Waals surface area contributed by atoms with Crippen LogP contribution in [0.3, 0.4) is 0 Å². The van der Waals surface area contributed by atoms with Gasteiger partial charge in [0.1, 0.15) is 0 Å². The average Bonchev–Trinajstić information content (AvgIpc) is 2.78. The first-order valence-electron chi connectivity index (χ1n) is 6.36. The highest BCUT2D eigenvalue weighted by molar-refractivity contribution is 7.09. The third-order valence-corrected chi connectivity index (χ3v) is 4.43. The fourth-order valence-electron chi connectivity index (χ4n) is 1.70. The number of hydrogen-bond acceptors (Lipinski definition) is 4. The molecule has 102 valence electrons. The second kappa shape index (κ2) is 6.85. The van der Waals surface area contributed by atoms with Crippen molar-refractivity contribution in [3.63, 3.8) is 0 Å². The molecule has 0 unspecified atom stereocenters. The van der Waals surface area contributed by atoms with Crippen molar-refractivity contribution in [2.24, 2.45) is 11.7 Å². The number of carbonyl (C=O) groups is 1. The summed E-state index contributed by atoms with van der Waals surface area (Å²) in [7, 11) is 1.82. The molecular weight excluding hydrogens is 246 g/mol. The molecule has 0 spiro atoms. The Morgan fingerprint density at radius 2 is 2.28 bits per heavy atom. The summed E-state index contributed by atoms with van der Waals surface area (Å²) < 4.78 is 0. The fourth-order valence-corrected chi connectivity index (χ4v) is 2.47. The van der Waals surface area contributed by atoms with Crippen LogP contribution in [0.5, 0.6) is 0 Å². The van der Waals surface area contributed by atoms with Crippen molar-refractivity contribution in [3.8, 4) is 0 Å². The standard InChI is InChI=1S/C13H23N3OS/c1-5-9(2)12(14)13(17)16(4)7-6-11-10(3)15-8-18-11/h8-9,12H,5-7,14H2,1-4H3/t9-,12-/m0/s1. The number of aryl methyl sites for hydroxylation is 1. The van der Waals surface area contributed by atoms with E-state index in [4.69, 9.17) is 5.73 Å². The van der Waals surface area contributed by atoms with Crippen molar-refractivity contribution in [1.82, 2.24) is 9.88 Å². The van der Waals surface area contributed by atoms with Gasteiger partial charge in [-0.2, -0.15) is 0 Å². The van der Waals surface area contributed by atoms with Gasteiger partial charge in [0.15, 0.2) is 0 Å². The van der Waals surface area contributed by atoms with E-state index in [1.165, 1.54) is 4.88 Å². The van der Waals surface area contributed by atoms with Gasteiger partial charge in [-0.05, 0) is 12.8 Å². The van der Waals surface area contributed by atoms with Crippen molar-refractivity contribution >= 4 is 17.2 Å². The summed E-state index contributed by atoms with van der Waals surface area (Å²) >= 11 is 1.64. The maximum atomic E-state index is 12.1. The van der Waals surface area contributed by atoms with Gasteiger partial charge in [0.2, 0.25) is 5.91 Å².